The molecular weight excluding hydrogens is 394 g/mol. The number of fused-ring (bicyclic) bond motifs is 1. The van der Waals surface area contributed by atoms with Crippen LogP contribution in [0.1, 0.15) is 30.8 Å². The SMILES string of the molecule is COc1ccc(NC(=O)C2=C(C)Nc3nc(CCCO)nn3[C@@H]2c2ccccc2)cc1. The minimum atomic E-state index is -0.425. The number of aliphatic hydroxyl groups excluding tert-OH is 1. The van der Waals surface area contributed by atoms with Gasteiger partial charge in [-0.25, -0.2) is 4.68 Å². The third kappa shape index (κ3) is 4.29. The minimum Gasteiger partial charge on any atom is -0.497 e. The first-order valence-electron chi connectivity index (χ1n) is 10.1. The number of nitrogens with one attached hydrogen (secondary N) is 2. The number of benzene rings is 2. The van der Waals surface area contributed by atoms with Gasteiger partial charge in [-0.15, -0.1) is 0 Å². The number of carbonyl (C=O) groups excluding carboxylic acids is 1. The van der Waals surface area contributed by atoms with E-state index in [1.807, 2.05) is 37.3 Å². The molecule has 0 fully saturated rings. The van der Waals surface area contributed by atoms with Crippen molar-refractivity contribution in [1.29, 1.82) is 0 Å². The Labute approximate surface area is 180 Å². The first kappa shape index (κ1) is 20.6. The average molecular weight is 419 g/mol. The zero-order valence-corrected chi connectivity index (χ0v) is 17.5. The molecule has 0 unspecified atom stereocenters. The van der Waals surface area contributed by atoms with Crippen molar-refractivity contribution < 1.29 is 14.6 Å². The molecule has 0 saturated carbocycles. The molecule has 8 heteroatoms. The first-order chi connectivity index (χ1) is 15.1. The van der Waals surface area contributed by atoms with Crippen molar-refractivity contribution >= 4 is 17.5 Å². The van der Waals surface area contributed by atoms with Crippen LogP contribution in [0.25, 0.3) is 0 Å². The van der Waals surface area contributed by atoms with E-state index in [-0.39, 0.29) is 12.5 Å². The van der Waals surface area contributed by atoms with E-state index in [4.69, 9.17) is 9.84 Å². The van der Waals surface area contributed by atoms with Crippen LogP contribution in [0.2, 0.25) is 0 Å². The number of rotatable bonds is 7. The van der Waals surface area contributed by atoms with Crippen molar-refractivity contribution in [3.63, 3.8) is 0 Å². The van der Waals surface area contributed by atoms with Gasteiger partial charge in [-0.3, -0.25) is 4.79 Å². The smallest absolute Gasteiger partial charge is 0.255 e. The quantitative estimate of drug-likeness (QED) is 0.544. The second kappa shape index (κ2) is 9.01. The molecular formula is C23H25N5O3. The summed E-state index contributed by atoms with van der Waals surface area (Å²) in [6.45, 7) is 1.94. The molecule has 1 aliphatic rings. The number of aromatic nitrogens is 3. The topological polar surface area (TPSA) is 101 Å². The number of aryl methyl sites for hydroxylation is 1. The second-order valence-corrected chi connectivity index (χ2v) is 7.28. The number of hydrogen-bond acceptors (Lipinski definition) is 6. The molecule has 31 heavy (non-hydrogen) atoms. The normalized spacial score (nSPS) is 15.3. The van der Waals surface area contributed by atoms with Crippen LogP contribution in [0, 0.1) is 0 Å². The Kier molecular flexibility index (Phi) is 5.99. The van der Waals surface area contributed by atoms with Crippen molar-refractivity contribution in [3.05, 3.63) is 77.3 Å². The lowest BCUT2D eigenvalue weighted by Gasteiger charge is -2.28. The monoisotopic (exact) mass is 419 g/mol. The highest BCUT2D eigenvalue weighted by atomic mass is 16.5. The average Bonchev–Trinajstić information content (AvgIpc) is 3.20. The van der Waals surface area contributed by atoms with Gasteiger partial charge in [0, 0.05) is 24.4 Å². The largest absolute Gasteiger partial charge is 0.497 e. The highest BCUT2D eigenvalue weighted by molar-refractivity contribution is 6.06. The van der Waals surface area contributed by atoms with E-state index < -0.39 is 6.04 Å². The van der Waals surface area contributed by atoms with E-state index in [9.17, 15) is 4.79 Å². The Morgan fingerprint density at radius 2 is 1.94 bits per heavy atom. The third-order valence-corrected chi connectivity index (χ3v) is 5.16. The summed E-state index contributed by atoms with van der Waals surface area (Å²) >= 11 is 0. The number of aliphatic hydroxyl groups is 1. The van der Waals surface area contributed by atoms with Crippen LogP contribution in [-0.2, 0) is 11.2 Å². The van der Waals surface area contributed by atoms with E-state index >= 15 is 0 Å². The molecule has 0 aliphatic carbocycles. The Morgan fingerprint density at radius 3 is 2.61 bits per heavy atom. The Balaban J connectivity index is 1.70. The summed E-state index contributed by atoms with van der Waals surface area (Å²) in [5.41, 5.74) is 2.88. The number of anilines is 2. The van der Waals surface area contributed by atoms with Crippen LogP contribution < -0.4 is 15.4 Å². The molecule has 4 rings (SSSR count). The summed E-state index contributed by atoms with van der Waals surface area (Å²) in [6, 6.07) is 16.5. The molecule has 2 heterocycles. The lowest BCUT2D eigenvalue weighted by Crippen LogP contribution is -2.31. The molecule has 0 bridgehead atoms. The van der Waals surface area contributed by atoms with Gasteiger partial charge in [-0.2, -0.15) is 10.1 Å². The van der Waals surface area contributed by atoms with Crippen LogP contribution in [0.15, 0.2) is 65.9 Å². The van der Waals surface area contributed by atoms with Gasteiger partial charge in [0.15, 0.2) is 5.82 Å². The van der Waals surface area contributed by atoms with Crippen molar-refractivity contribution in [2.75, 3.05) is 24.4 Å². The highest BCUT2D eigenvalue weighted by Gasteiger charge is 2.34. The van der Waals surface area contributed by atoms with E-state index in [0.717, 1.165) is 11.3 Å². The molecule has 2 aromatic carbocycles. The molecule has 3 N–H and O–H groups in total. The fourth-order valence-corrected chi connectivity index (χ4v) is 3.65. The fraction of sp³-hybridized carbons (Fsp3) is 0.261. The minimum absolute atomic E-state index is 0.0756. The summed E-state index contributed by atoms with van der Waals surface area (Å²) in [6.07, 6.45) is 1.14. The number of amides is 1. The van der Waals surface area contributed by atoms with Crippen molar-refractivity contribution in [1.82, 2.24) is 14.8 Å². The summed E-state index contributed by atoms with van der Waals surface area (Å²) < 4.78 is 6.93. The van der Waals surface area contributed by atoms with Gasteiger partial charge >= 0.3 is 0 Å². The highest BCUT2D eigenvalue weighted by Crippen LogP contribution is 2.35. The van der Waals surface area contributed by atoms with Gasteiger partial charge in [-0.1, -0.05) is 30.3 Å². The number of carbonyl (C=O) groups is 1. The first-order valence-corrected chi connectivity index (χ1v) is 10.1. The Hall–Kier alpha value is -3.65. The molecule has 160 valence electrons. The molecule has 1 atom stereocenters. The van der Waals surface area contributed by atoms with Crippen LogP contribution in [0.4, 0.5) is 11.6 Å². The van der Waals surface area contributed by atoms with Gasteiger partial charge in [0.2, 0.25) is 5.95 Å². The fourth-order valence-electron chi connectivity index (χ4n) is 3.65. The standard InChI is InChI=1S/C23H25N5O3/c1-15-20(22(30)25-17-10-12-18(31-2)13-11-17)21(16-7-4-3-5-8-16)28-23(24-15)26-19(27-28)9-6-14-29/h3-5,7-8,10-13,21,29H,6,9,14H2,1-2H3,(H,25,30)(H,24,26,27)/t21-/m1/s1. The van der Waals surface area contributed by atoms with E-state index in [2.05, 4.69) is 20.7 Å². The van der Waals surface area contributed by atoms with Gasteiger partial charge in [-0.05, 0) is 43.2 Å². The summed E-state index contributed by atoms with van der Waals surface area (Å²) in [7, 11) is 1.60. The molecule has 8 nitrogen and oxygen atoms in total. The van der Waals surface area contributed by atoms with Gasteiger partial charge in [0.25, 0.3) is 5.91 Å². The van der Waals surface area contributed by atoms with Crippen molar-refractivity contribution in [2.24, 2.45) is 0 Å². The Bertz CT molecular complexity index is 1090. The lowest BCUT2D eigenvalue weighted by molar-refractivity contribution is -0.113. The molecule has 1 aromatic heterocycles. The Morgan fingerprint density at radius 1 is 1.19 bits per heavy atom. The predicted molar refractivity (Wildman–Crippen MR) is 118 cm³/mol. The molecule has 3 aromatic rings. The summed E-state index contributed by atoms with van der Waals surface area (Å²) in [5.74, 6) is 1.71. The summed E-state index contributed by atoms with van der Waals surface area (Å²) in [5, 5.41) is 20.0. The second-order valence-electron chi connectivity index (χ2n) is 7.28. The predicted octanol–water partition coefficient (Wildman–Crippen LogP) is 3.14. The van der Waals surface area contributed by atoms with E-state index in [1.54, 1.807) is 36.1 Å². The van der Waals surface area contributed by atoms with Crippen LogP contribution in [0.3, 0.4) is 0 Å². The van der Waals surface area contributed by atoms with Gasteiger partial charge < -0.3 is 20.5 Å². The molecule has 0 spiro atoms. The van der Waals surface area contributed by atoms with Gasteiger partial charge in [0.1, 0.15) is 11.8 Å². The van der Waals surface area contributed by atoms with E-state index in [0.29, 0.717) is 41.6 Å². The van der Waals surface area contributed by atoms with Crippen molar-refractivity contribution in [3.8, 4) is 5.75 Å². The van der Waals surface area contributed by atoms with Gasteiger partial charge in [0.05, 0.1) is 12.7 Å². The van der Waals surface area contributed by atoms with E-state index in [1.165, 1.54) is 0 Å². The maximum atomic E-state index is 13.4. The number of nitrogens with zero attached hydrogens (tertiary/aromatic N) is 3. The molecule has 0 radical (unpaired) electrons. The number of allylic oxidation sites excluding steroid dienone is 1. The summed E-state index contributed by atoms with van der Waals surface area (Å²) in [4.78, 5) is 17.9. The number of ether oxygens (including phenoxy) is 1. The zero-order chi connectivity index (χ0) is 21.8. The lowest BCUT2D eigenvalue weighted by atomic mass is 9.95. The molecule has 1 aliphatic heterocycles. The number of hydrogen-bond donors (Lipinski definition) is 3. The van der Waals surface area contributed by atoms with Crippen LogP contribution >= 0.6 is 0 Å². The number of methoxy groups -OCH3 is 1. The van der Waals surface area contributed by atoms with Crippen LogP contribution in [0.5, 0.6) is 5.75 Å². The maximum Gasteiger partial charge on any atom is 0.255 e. The van der Waals surface area contributed by atoms with Crippen molar-refractivity contribution in [2.45, 2.75) is 25.8 Å². The molecule has 1 amide bonds. The zero-order valence-electron chi connectivity index (χ0n) is 17.5. The maximum absolute atomic E-state index is 13.4. The van der Waals surface area contributed by atoms with Crippen LogP contribution in [-0.4, -0.2) is 39.5 Å². The third-order valence-electron chi connectivity index (χ3n) is 5.16. The molecule has 0 saturated heterocycles.